The van der Waals surface area contributed by atoms with Gasteiger partial charge in [0.15, 0.2) is 0 Å². The highest BCUT2D eigenvalue weighted by atomic mass is 16.5. The molecule has 4 nitrogen and oxygen atoms in total. The van der Waals surface area contributed by atoms with Crippen LogP contribution in [0, 0.1) is 5.41 Å². The van der Waals surface area contributed by atoms with Crippen LogP contribution >= 0.6 is 0 Å². The number of carbonyl (C=O) groups excluding carboxylic acids is 2. The molecule has 0 aliphatic carbocycles. The molecule has 348 valence electrons. The molecule has 4 heteroatoms. The number of hydrogen-bond donors (Lipinski definition) is 0. The molecule has 0 fully saturated rings. The molecule has 0 N–H and O–H groups in total. The fourth-order valence-electron chi connectivity index (χ4n) is 7.93. The predicted octanol–water partition coefficient (Wildman–Crippen LogP) is 18.9. The summed E-state index contributed by atoms with van der Waals surface area (Å²) in [5.41, 5.74) is -0.338. The normalized spacial score (nSPS) is 12.0. The first kappa shape index (κ1) is 59.0. The van der Waals surface area contributed by atoms with Gasteiger partial charge in [0.25, 0.3) is 0 Å². The van der Waals surface area contributed by atoms with E-state index in [9.17, 15) is 9.59 Å². The van der Waals surface area contributed by atoms with Crippen molar-refractivity contribution in [1.29, 1.82) is 0 Å². The van der Waals surface area contributed by atoms with E-state index < -0.39 is 0 Å². The standard InChI is InChI=1S/C28H56O2.C26H52O2/c1-3-5-7-9-11-13-15-17-19-21-23-25-27-30-28(29)26-24-22-20-18-16-14-12-10-8-6-4-2;1-6-9-12-15-16-17-19-22-24(21-18-13-10-7-2)28-25(27)26(4,5)23-20-14-11-8-3/h3-27H2,1-2H3;24H,6-23H2,1-5H3. The average Bonchev–Trinajstić information content (AvgIpc) is 3.21. The Morgan fingerprint density at radius 3 is 1.05 bits per heavy atom. The average molecular weight is 821 g/mol. The molecule has 0 bridgehead atoms. The van der Waals surface area contributed by atoms with E-state index in [0.29, 0.717) is 13.0 Å². The predicted molar refractivity (Wildman–Crippen MR) is 257 cm³/mol. The number of unbranched alkanes of at least 4 members (excludes halogenated alkanes) is 33. The van der Waals surface area contributed by atoms with Gasteiger partial charge in [-0.2, -0.15) is 0 Å². The molecule has 0 amide bonds. The highest BCUT2D eigenvalue weighted by Crippen LogP contribution is 2.28. The van der Waals surface area contributed by atoms with Crippen molar-refractivity contribution in [2.75, 3.05) is 6.61 Å². The van der Waals surface area contributed by atoms with Crippen molar-refractivity contribution >= 4 is 11.9 Å². The Morgan fingerprint density at radius 2 is 0.672 bits per heavy atom. The van der Waals surface area contributed by atoms with Gasteiger partial charge >= 0.3 is 11.9 Å². The summed E-state index contributed by atoms with van der Waals surface area (Å²) in [6.45, 7) is 16.1. The fraction of sp³-hybridized carbons (Fsp3) is 0.963. The van der Waals surface area contributed by atoms with E-state index in [4.69, 9.17) is 9.47 Å². The van der Waals surface area contributed by atoms with Gasteiger partial charge in [-0.25, -0.2) is 0 Å². The summed E-state index contributed by atoms with van der Waals surface area (Å²) in [5.74, 6) is 0.0569. The van der Waals surface area contributed by atoms with Crippen molar-refractivity contribution < 1.29 is 19.1 Å². The molecular weight excluding hydrogens is 713 g/mol. The first-order chi connectivity index (χ1) is 28.3. The van der Waals surface area contributed by atoms with Crippen LogP contribution in [0.3, 0.4) is 0 Å². The third-order valence-electron chi connectivity index (χ3n) is 12.2. The Morgan fingerprint density at radius 1 is 0.379 bits per heavy atom. The topological polar surface area (TPSA) is 52.6 Å². The lowest BCUT2D eigenvalue weighted by Crippen LogP contribution is -2.31. The monoisotopic (exact) mass is 821 g/mol. The molecule has 0 rings (SSSR count). The van der Waals surface area contributed by atoms with Gasteiger partial charge in [-0.1, -0.05) is 253 Å². The lowest BCUT2D eigenvalue weighted by molar-refractivity contribution is -0.161. The Labute approximate surface area is 366 Å². The van der Waals surface area contributed by atoms with Crippen LogP contribution in [0.4, 0.5) is 0 Å². The van der Waals surface area contributed by atoms with Crippen LogP contribution in [-0.4, -0.2) is 24.6 Å². The molecular formula is C54H108O4. The van der Waals surface area contributed by atoms with E-state index in [1.165, 1.54) is 225 Å². The van der Waals surface area contributed by atoms with Crippen molar-refractivity contribution in [1.82, 2.24) is 0 Å². The van der Waals surface area contributed by atoms with Crippen LogP contribution in [0.25, 0.3) is 0 Å². The number of esters is 2. The van der Waals surface area contributed by atoms with Gasteiger partial charge < -0.3 is 9.47 Å². The maximum Gasteiger partial charge on any atom is 0.311 e. The van der Waals surface area contributed by atoms with Gasteiger partial charge in [-0.3, -0.25) is 9.59 Å². The Kier molecular flexibility index (Phi) is 49.5. The summed E-state index contributed by atoms with van der Waals surface area (Å²) in [7, 11) is 0. The first-order valence-corrected chi connectivity index (χ1v) is 26.7. The second-order valence-electron chi connectivity index (χ2n) is 18.9. The van der Waals surface area contributed by atoms with E-state index in [0.717, 1.165) is 38.5 Å². The van der Waals surface area contributed by atoms with Crippen LogP contribution in [0.5, 0.6) is 0 Å². The summed E-state index contributed by atoms with van der Waals surface area (Å²) in [6.07, 6.45) is 53.6. The van der Waals surface area contributed by atoms with Crippen LogP contribution in [0.1, 0.15) is 318 Å². The molecule has 0 saturated carbocycles. The molecule has 1 unspecified atom stereocenters. The highest BCUT2D eigenvalue weighted by Gasteiger charge is 2.30. The SMILES string of the molecule is CCCCCCCCCC(CCCCCC)OC(=O)C(C)(C)CCCCCC.CCCCCCCCCCCCCCOC(=O)CCCCCCCCCCCCC. The molecule has 0 heterocycles. The van der Waals surface area contributed by atoms with Crippen LogP contribution in [0.2, 0.25) is 0 Å². The maximum atomic E-state index is 12.8. The first-order valence-electron chi connectivity index (χ1n) is 26.7. The number of carbonyl (C=O) groups is 2. The highest BCUT2D eigenvalue weighted by molar-refractivity contribution is 5.76. The molecule has 0 aromatic carbocycles. The van der Waals surface area contributed by atoms with Gasteiger partial charge in [0, 0.05) is 6.42 Å². The lowest BCUT2D eigenvalue weighted by atomic mass is 9.86. The maximum absolute atomic E-state index is 12.8. The molecule has 1 atom stereocenters. The molecule has 58 heavy (non-hydrogen) atoms. The van der Waals surface area contributed by atoms with Crippen molar-refractivity contribution in [3.8, 4) is 0 Å². The van der Waals surface area contributed by atoms with Gasteiger partial charge in [-0.05, 0) is 58.8 Å². The molecule has 0 radical (unpaired) electrons. The zero-order valence-electron chi connectivity index (χ0n) is 41.1. The molecule has 0 spiro atoms. The van der Waals surface area contributed by atoms with E-state index in [-0.39, 0.29) is 23.5 Å². The smallest absolute Gasteiger partial charge is 0.311 e. The number of hydrogen-bond acceptors (Lipinski definition) is 4. The Balaban J connectivity index is 0. The zero-order chi connectivity index (χ0) is 43.1. The molecule has 0 aliphatic heterocycles. The summed E-state index contributed by atoms with van der Waals surface area (Å²) < 4.78 is 11.4. The van der Waals surface area contributed by atoms with Gasteiger partial charge in [0.2, 0.25) is 0 Å². The van der Waals surface area contributed by atoms with Crippen LogP contribution < -0.4 is 0 Å². The Hall–Kier alpha value is -1.06. The quantitative estimate of drug-likeness (QED) is 0.0454. The summed E-state index contributed by atoms with van der Waals surface area (Å²) in [6, 6.07) is 0. The Bertz CT molecular complexity index is 807. The number of ether oxygens (including phenoxy) is 2. The van der Waals surface area contributed by atoms with Crippen molar-refractivity contribution in [3.63, 3.8) is 0 Å². The second kappa shape index (κ2) is 48.6. The van der Waals surface area contributed by atoms with E-state index in [2.05, 4.69) is 48.5 Å². The van der Waals surface area contributed by atoms with Gasteiger partial charge in [0.05, 0.1) is 12.0 Å². The molecule has 0 aliphatic rings. The fourth-order valence-corrected chi connectivity index (χ4v) is 7.93. The summed E-state index contributed by atoms with van der Waals surface area (Å²) >= 11 is 0. The molecule has 0 aromatic heterocycles. The van der Waals surface area contributed by atoms with Crippen molar-refractivity contribution in [2.45, 2.75) is 324 Å². The summed E-state index contributed by atoms with van der Waals surface area (Å²) in [5, 5.41) is 0. The second-order valence-corrected chi connectivity index (χ2v) is 18.9. The van der Waals surface area contributed by atoms with E-state index in [1.54, 1.807) is 0 Å². The van der Waals surface area contributed by atoms with Crippen LogP contribution in [-0.2, 0) is 19.1 Å². The van der Waals surface area contributed by atoms with E-state index in [1.807, 2.05) is 0 Å². The van der Waals surface area contributed by atoms with Crippen LogP contribution in [0.15, 0.2) is 0 Å². The minimum Gasteiger partial charge on any atom is -0.466 e. The molecule has 0 aromatic rings. The minimum atomic E-state index is -0.338. The summed E-state index contributed by atoms with van der Waals surface area (Å²) in [4.78, 5) is 24.6. The van der Waals surface area contributed by atoms with Crippen molar-refractivity contribution in [3.05, 3.63) is 0 Å². The van der Waals surface area contributed by atoms with Gasteiger partial charge in [-0.15, -0.1) is 0 Å². The van der Waals surface area contributed by atoms with E-state index >= 15 is 0 Å². The van der Waals surface area contributed by atoms with Gasteiger partial charge in [0.1, 0.15) is 6.10 Å². The third kappa shape index (κ3) is 46.0. The third-order valence-corrected chi connectivity index (χ3v) is 12.2. The van der Waals surface area contributed by atoms with Crippen molar-refractivity contribution in [2.24, 2.45) is 5.41 Å². The molecule has 0 saturated heterocycles. The zero-order valence-corrected chi connectivity index (χ0v) is 41.1. The minimum absolute atomic E-state index is 0.0222. The number of rotatable bonds is 45. The lowest BCUT2D eigenvalue weighted by Gasteiger charge is -2.27. The largest absolute Gasteiger partial charge is 0.466 e.